The van der Waals surface area contributed by atoms with Crippen molar-refractivity contribution in [3.8, 4) is 33.4 Å². The third-order valence-corrected chi connectivity index (χ3v) is 11.5. The first kappa shape index (κ1) is 30.4. The average molecular weight is 680 g/mol. The van der Waals surface area contributed by atoms with Crippen LogP contribution in [0.25, 0.3) is 75.1 Å². The van der Waals surface area contributed by atoms with E-state index in [-0.39, 0.29) is 0 Å². The van der Waals surface area contributed by atoms with E-state index in [0.29, 0.717) is 0 Å². The molecule has 0 atom stereocenters. The summed E-state index contributed by atoms with van der Waals surface area (Å²) in [7, 11) is 0. The van der Waals surface area contributed by atoms with Crippen molar-refractivity contribution in [2.24, 2.45) is 0 Å². The summed E-state index contributed by atoms with van der Waals surface area (Å²) in [5.41, 5.74) is 10.7. The van der Waals surface area contributed by atoms with Crippen molar-refractivity contribution < 1.29 is 0 Å². The van der Waals surface area contributed by atoms with Crippen molar-refractivity contribution >= 4 is 70.1 Å². The van der Waals surface area contributed by atoms with Crippen LogP contribution in [-0.2, 0) is 0 Å². The van der Waals surface area contributed by atoms with E-state index in [1.54, 1.807) is 0 Å². The van der Waals surface area contributed by atoms with Crippen LogP contribution in [0.2, 0.25) is 0 Å². The van der Waals surface area contributed by atoms with E-state index < -0.39 is 0 Å². The maximum absolute atomic E-state index is 2.49. The Kier molecular flexibility index (Phi) is 7.41. The summed E-state index contributed by atoms with van der Waals surface area (Å²) in [6.45, 7) is 0. The van der Waals surface area contributed by atoms with Crippen LogP contribution in [0.5, 0.6) is 0 Å². The van der Waals surface area contributed by atoms with E-state index in [2.05, 4.69) is 205 Å². The standard InChI is InChI=1S/C50H33NS/c1-3-13-34(14-4-1)37-23-25-38(26-24-37)42-19-11-12-22-47(42)51(41-29-27-36-17-7-8-18-39(36)31-41)48-33-46-45-32-40(35-15-5-2-6-16-35)28-30-49(45)52-50(46)44-21-10-9-20-43(44)48/h1-33H. The number of para-hydroxylation sites is 1. The van der Waals surface area contributed by atoms with Gasteiger partial charge < -0.3 is 4.90 Å². The van der Waals surface area contributed by atoms with Gasteiger partial charge in [-0.25, -0.2) is 0 Å². The molecule has 10 rings (SSSR count). The van der Waals surface area contributed by atoms with Gasteiger partial charge in [-0.05, 0) is 75.0 Å². The van der Waals surface area contributed by atoms with Gasteiger partial charge in [-0.1, -0.05) is 164 Å². The number of nitrogens with zero attached hydrogens (tertiary/aromatic N) is 1. The molecule has 1 aromatic heterocycles. The minimum absolute atomic E-state index is 1.13. The molecule has 1 heterocycles. The zero-order valence-electron chi connectivity index (χ0n) is 28.4. The summed E-state index contributed by atoms with van der Waals surface area (Å²) < 4.78 is 2.62. The van der Waals surface area contributed by atoms with Crippen LogP contribution < -0.4 is 4.90 Å². The summed E-state index contributed by atoms with van der Waals surface area (Å²) in [5, 5.41) is 7.51. The zero-order valence-corrected chi connectivity index (χ0v) is 29.2. The van der Waals surface area contributed by atoms with Gasteiger partial charge in [0.05, 0.1) is 11.4 Å². The predicted molar refractivity (Wildman–Crippen MR) is 225 cm³/mol. The van der Waals surface area contributed by atoms with E-state index in [1.807, 2.05) is 11.3 Å². The minimum atomic E-state index is 1.13. The summed E-state index contributed by atoms with van der Waals surface area (Å²) in [6, 6.07) is 73.0. The smallest absolute Gasteiger partial charge is 0.0547 e. The van der Waals surface area contributed by atoms with E-state index in [1.165, 1.54) is 75.1 Å². The lowest BCUT2D eigenvalue weighted by Gasteiger charge is -2.29. The molecule has 0 aliphatic rings. The molecule has 0 N–H and O–H groups in total. The van der Waals surface area contributed by atoms with Gasteiger partial charge in [0.15, 0.2) is 0 Å². The minimum Gasteiger partial charge on any atom is -0.309 e. The Labute approximate surface area is 307 Å². The molecule has 2 heteroatoms. The molecule has 0 aliphatic heterocycles. The highest BCUT2D eigenvalue weighted by atomic mass is 32.1. The molecular weight excluding hydrogens is 647 g/mol. The number of thiophene rings is 1. The molecule has 0 bridgehead atoms. The molecule has 0 radical (unpaired) electrons. The number of rotatable bonds is 6. The number of hydrogen-bond acceptors (Lipinski definition) is 2. The van der Waals surface area contributed by atoms with Crippen LogP contribution >= 0.6 is 11.3 Å². The van der Waals surface area contributed by atoms with Gasteiger partial charge in [0.25, 0.3) is 0 Å². The first-order chi connectivity index (χ1) is 25.8. The molecule has 10 aromatic rings. The normalized spacial score (nSPS) is 11.5. The highest BCUT2D eigenvalue weighted by Crippen LogP contribution is 2.49. The molecule has 9 aromatic carbocycles. The Morgan fingerprint density at radius 1 is 0.327 bits per heavy atom. The van der Waals surface area contributed by atoms with E-state index >= 15 is 0 Å². The third kappa shape index (κ3) is 5.24. The summed E-state index contributed by atoms with van der Waals surface area (Å²) >= 11 is 1.89. The molecule has 52 heavy (non-hydrogen) atoms. The van der Waals surface area contributed by atoms with Gasteiger partial charge in [-0.15, -0.1) is 11.3 Å². The fourth-order valence-corrected chi connectivity index (χ4v) is 8.89. The lowest BCUT2D eigenvalue weighted by Crippen LogP contribution is -2.12. The summed E-state index contributed by atoms with van der Waals surface area (Å²) in [5.74, 6) is 0. The lowest BCUT2D eigenvalue weighted by atomic mass is 9.97. The Morgan fingerprint density at radius 2 is 0.923 bits per heavy atom. The van der Waals surface area contributed by atoms with Crippen LogP contribution in [0.1, 0.15) is 0 Å². The molecule has 0 fully saturated rings. The molecule has 244 valence electrons. The first-order valence-corrected chi connectivity index (χ1v) is 18.6. The molecular formula is C50H33NS. The second-order valence-corrected chi connectivity index (χ2v) is 14.4. The Morgan fingerprint density at radius 3 is 1.71 bits per heavy atom. The molecule has 0 amide bonds. The summed E-state index contributed by atoms with van der Waals surface area (Å²) in [6.07, 6.45) is 0. The zero-order chi connectivity index (χ0) is 34.4. The molecule has 0 spiro atoms. The molecule has 0 saturated heterocycles. The number of anilines is 3. The van der Waals surface area contributed by atoms with Crippen molar-refractivity contribution in [1.29, 1.82) is 0 Å². The fourth-order valence-electron chi connectivity index (χ4n) is 7.68. The highest BCUT2D eigenvalue weighted by Gasteiger charge is 2.22. The van der Waals surface area contributed by atoms with E-state index in [9.17, 15) is 0 Å². The van der Waals surface area contributed by atoms with E-state index in [4.69, 9.17) is 0 Å². The quantitative estimate of drug-likeness (QED) is 0.169. The van der Waals surface area contributed by atoms with Crippen molar-refractivity contribution in [3.05, 3.63) is 200 Å². The van der Waals surface area contributed by atoms with Crippen LogP contribution in [-0.4, -0.2) is 0 Å². The van der Waals surface area contributed by atoms with Crippen LogP contribution in [0.15, 0.2) is 200 Å². The molecule has 0 saturated carbocycles. The van der Waals surface area contributed by atoms with Crippen molar-refractivity contribution in [1.82, 2.24) is 0 Å². The number of fused-ring (bicyclic) bond motifs is 6. The predicted octanol–water partition coefficient (Wildman–Crippen LogP) is 14.8. The Balaban J connectivity index is 1.23. The van der Waals surface area contributed by atoms with Crippen molar-refractivity contribution in [2.75, 3.05) is 4.90 Å². The van der Waals surface area contributed by atoms with E-state index in [0.717, 1.165) is 17.1 Å². The second kappa shape index (κ2) is 12.7. The highest BCUT2D eigenvalue weighted by molar-refractivity contribution is 7.26. The topological polar surface area (TPSA) is 3.24 Å². The second-order valence-electron chi connectivity index (χ2n) is 13.3. The Bertz CT molecular complexity index is 2890. The van der Waals surface area contributed by atoms with Gasteiger partial charge >= 0.3 is 0 Å². The van der Waals surface area contributed by atoms with Gasteiger partial charge in [-0.2, -0.15) is 0 Å². The van der Waals surface area contributed by atoms with Gasteiger partial charge in [0.1, 0.15) is 0 Å². The monoisotopic (exact) mass is 679 g/mol. The molecule has 0 aliphatic carbocycles. The lowest BCUT2D eigenvalue weighted by molar-refractivity contribution is 1.31. The van der Waals surface area contributed by atoms with Crippen molar-refractivity contribution in [3.63, 3.8) is 0 Å². The van der Waals surface area contributed by atoms with Crippen LogP contribution in [0.4, 0.5) is 17.1 Å². The fraction of sp³-hybridized carbons (Fsp3) is 0. The van der Waals surface area contributed by atoms with Gasteiger partial charge in [-0.3, -0.25) is 0 Å². The summed E-state index contributed by atoms with van der Waals surface area (Å²) in [4.78, 5) is 2.49. The number of benzene rings is 9. The Hall–Kier alpha value is -6.48. The first-order valence-electron chi connectivity index (χ1n) is 17.8. The van der Waals surface area contributed by atoms with Gasteiger partial charge in [0.2, 0.25) is 0 Å². The SMILES string of the molecule is c1ccc(-c2ccc(-c3ccccc3N(c3ccc4ccccc4c3)c3cc4c5cc(-c6ccccc6)ccc5sc4c4ccccc34)cc2)cc1. The molecule has 0 unspecified atom stereocenters. The largest absolute Gasteiger partial charge is 0.309 e. The van der Waals surface area contributed by atoms with Crippen LogP contribution in [0, 0.1) is 0 Å². The molecule has 1 nitrogen and oxygen atoms in total. The maximum atomic E-state index is 2.49. The maximum Gasteiger partial charge on any atom is 0.0547 e. The van der Waals surface area contributed by atoms with Crippen molar-refractivity contribution in [2.45, 2.75) is 0 Å². The van der Waals surface area contributed by atoms with Gasteiger partial charge in [0, 0.05) is 42.2 Å². The van der Waals surface area contributed by atoms with Crippen LogP contribution in [0.3, 0.4) is 0 Å². The number of hydrogen-bond donors (Lipinski definition) is 0. The third-order valence-electron chi connectivity index (χ3n) is 10.2. The average Bonchev–Trinajstić information content (AvgIpc) is 3.60.